The van der Waals surface area contributed by atoms with Crippen LogP contribution in [-0.4, -0.2) is 37.2 Å². The first-order valence-corrected chi connectivity index (χ1v) is 12.0. The molecule has 1 atom stereocenters. The molecule has 4 aromatic rings. The van der Waals surface area contributed by atoms with E-state index >= 15 is 0 Å². The van der Waals surface area contributed by atoms with Crippen LogP contribution in [0, 0.1) is 5.92 Å². The molecule has 1 aliphatic heterocycles. The van der Waals surface area contributed by atoms with Crippen LogP contribution in [0.2, 0.25) is 0 Å². The molecule has 1 aliphatic carbocycles. The fourth-order valence-electron chi connectivity index (χ4n) is 5.69. The number of benzene rings is 1. The molecule has 1 N–H and O–H groups in total. The molecule has 0 radical (unpaired) electrons. The second-order valence-electron chi connectivity index (χ2n) is 9.44. The van der Waals surface area contributed by atoms with Gasteiger partial charge in [-0.2, -0.15) is 0 Å². The van der Waals surface area contributed by atoms with Crippen LogP contribution in [0.5, 0.6) is 0 Å². The summed E-state index contributed by atoms with van der Waals surface area (Å²) in [4.78, 5) is 27.2. The van der Waals surface area contributed by atoms with E-state index in [9.17, 15) is 4.79 Å². The monoisotopic (exact) mass is 430 g/mol. The third-order valence-corrected chi connectivity index (χ3v) is 7.58. The molecule has 0 bridgehead atoms. The molecule has 2 aliphatic rings. The zero-order chi connectivity index (χ0) is 21.7. The number of aromatic amines is 1. The summed E-state index contributed by atoms with van der Waals surface area (Å²) in [5.41, 5.74) is 4.79. The normalized spacial score (nSPS) is 20.0. The minimum atomic E-state index is -0.0775. The highest BCUT2D eigenvalue weighted by Crippen LogP contribution is 2.34. The van der Waals surface area contributed by atoms with Gasteiger partial charge >= 0.3 is 0 Å². The van der Waals surface area contributed by atoms with E-state index in [0.29, 0.717) is 23.0 Å². The molecule has 1 aromatic carbocycles. The van der Waals surface area contributed by atoms with Gasteiger partial charge in [0.25, 0.3) is 5.56 Å². The average molecular weight is 431 g/mol. The zero-order valence-electron chi connectivity index (χ0n) is 18.6. The van der Waals surface area contributed by atoms with Crippen molar-refractivity contribution in [2.75, 3.05) is 18.0 Å². The Balaban J connectivity index is 1.44. The maximum absolute atomic E-state index is 12.8. The highest BCUT2D eigenvalue weighted by Gasteiger charge is 2.26. The molecule has 0 spiro atoms. The number of nitrogens with one attached hydrogen (secondary N) is 1. The number of hydrogen-bond donors (Lipinski definition) is 1. The van der Waals surface area contributed by atoms with Crippen LogP contribution in [0.4, 0.5) is 5.69 Å². The Morgan fingerprint density at radius 1 is 1.12 bits per heavy atom. The minimum absolute atomic E-state index is 0.0775. The lowest BCUT2D eigenvalue weighted by atomic mass is 9.95. The largest absolute Gasteiger partial charge is 0.369 e. The van der Waals surface area contributed by atoms with E-state index in [-0.39, 0.29) is 5.56 Å². The van der Waals surface area contributed by atoms with Gasteiger partial charge in [-0.05, 0) is 43.4 Å². The lowest BCUT2D eigenvalue weighted by molar-refractivity contribution is 0.359. The van der Waals surface area contributed by atoms with Crippen molar-refractivity contribution >= 4 is 27.8 Å². The molecule has 0 amide bonds. The van der Waals surface area contributed by atoms with Crippen molar-refractivity contribution in [1.29, 1.82) is 0 Å². The Morgan fingerprint density at radius 2 is 2.00 bits per heavy atom. The Morgan fingerprint density at radius 3 is 2.81 bits per heavy atom. The summed E-state index contributed by atoms with van der Waals surface area (Å²) < 4.78 is 4.41. The molecular formula is C25H30N6O. The second kappa shape index (κ2) is 7.80. The highest BCUT2D eigenvalue weighted by molar-refractivity contribution is 5.92. The summed E-state index contributed by atoms with van der Waals surface area (Å²) in [5, 5.41) is 0.678. The molecule has 7 nitrogen and oxygen atoms in total. The zero-order valence-corrected chi connectivity index (χ0v) is 18.6. The number of hydrogen-bond acceptors (Lipinski definition) is 4. The molecule has 166 valence electrons. The number of rotatable bonds is 4. The second-order valence-corrected chi connectivity index (χ2v) is 9.44. The van der Waals surface area contributed by atoms with E-state index in [1.54, 1.807) is 0 Å². The maximum atomic E-state index is 12.8. The highest BCUT2D eigenvalue weighted by atomic mass is 16.1. The van der Waals surface area contributed by atoms with Gasteiger partial charge in [0.1, 0.15) is 5.39 Å². The van der Waals surface area contributed by atoms with Gasteiger partial charge < -0.3 is 14.5 Å². The lowest BCUT2D eigenvalue weighted by Gasteiger charge is -2.23. The Labute approximate surface area is 187 Å². The Bertz CT molecular complexity index is 1330. The van der Waals surface area contributed by atoms with Crippen molar-refractivity contribution in [1.82, 2.24) is 24.1 Å². The van der Waals surface area contributed by atoms with Crippen LogP contribution < -0.4 is 10.5 Å². The Hall–Kier alpha value is -3.09. The first kappa shape index (κ1) is 19.6. The van der Waals surface area contributed by atoms with Gasteiger partial charge in [-0.15, -0.1) is 0 Å². The number of H-pyrrole nitrogens is 1. The minimum Gasteiger partial charge on any atom is -0.369 e. The summed E-state index contributed by atoms with van der Waals surface area (Å²) >= 11 is 0. The van der Waals surface area contributed by atoms with Gasteiger partial charge in [0.15, 0.2) is 5.65 Å². The van der Waals surface area contributed by atoms with Crippen molar-refractivity contribution in [3.8, 4) is 5.69 Å². The third kappa shape index (κ3) is 3.14. The van der Waals surface area contributed by atoms with Crippen molar-refractivity contribution in [2.24, 2.45) is 5.92 Å². The summed E-state index contributed by atoms with van der Waals surface area (Å²) in [6.45, 7) is 4.22. The molecule has 4 heterocycles. The van der Waals surface area contributed by atoms with Crippen LogP contribution in [0.3, 0.4) is 0 Å². The molecule has 1 saturated heterocycles. The number of anilines is 1. The van der Waals surface area contributed by atoms with Crippen molar-refractivity contribution in [3.63, 3.8) is 0 Å². The van der Waals surface area contributed by atoms with E-state index in [4.69, 9.17) is 4.98 Å². The van der Waals surface area contributed by atoms with E-state index in [1.165, 1.54) is 56.8 Å². The van der Waals surface area contributed by atoms with E-state index in [1.807, 2.05) is 6.33 Å². The van der Waals surface area contributed by atoms with E-state index in [2.05, 4.69) is 55.3 Å². The van der Waals surface area contributed by atoms with Crippen LogP contribution in [-0.2, 0) is 0 Å². The summed E-state index contributed by atoms with van der Waals surface area (Å²) in [6, 6.07) is 6.99. The topological polar surface area (TPSA) is 71.7 Å². The number of aromatic nitrogens is 5. The number of nitrogens with zero attached hydrogens (tertiary/aromatic N) is 5. The predicted molar refractivity (Wildman–Crippen MR) is 128 cm³/mol. The van der Waals surface area contributed by atoms with Gasteiger partial charge in [-0.1, -0.05) is 32.6 Å². The summed E-state index contributed by atoms with van der Waals surface area (Å²) in [7, 11) is 0. The molecule has 6 rings (SSSR count). The molecular weight excluding hydrogens is 400 g/mol. The summed E-state index contributed by atoms with van der Waals surface area (Å²) in [6.07, 6.45) is 14.4. The van der Waals surface area contributed by atoms with Crippen molar-refractivity contribution in [3.05, 3.63) is 47.4 Å². The standard InChI is InChI=1S/C25H30N6O/c1-2-17-10-11-29(13-17)22-14-30(24-23(22)25(32)27-15-26-24)19-8-9-21-20(12-19)28-16-31(21)18-6-4-3-5-7-18/h8-9,12,14-18H,2-7,10-11,13H2,1H3,(H,26,27,32). The number of imidazole rings is 1. The van der Waals surface area contributed by atoms with Crippen LogP contribution in [0.15, 0.2) is 41.8 Å². The van der Waals surface area contributed by atoms with Gasteiger partial charge in [-0.3, -0.25) is 9.36 Å². The van der Waals surface area contributed by atoms with Crippen LogP contribution in [0.1, 0.15) is 57.9 Å². The molecule has 32 heavy (non-hydrogen) atoms. The lowest BCUT2D eigenvalue weighted by Crippen LogP contribution is -2.20. The quantitative estimate of drug-likeness (QED) is 0.505. The van der Waals surface area contributed by atoms with Gasteiger partial charge in [0, 0.05) is 31.0 Å². The van der Waals surface area contributed by atoms with E-state index < -0.39 is 0 Å². The SMILES string of the molecule is CCC1CCN(c2cn(-c3ccc4c(c3)ncn4C3CCCCC3)c3nc[nH]c(=O)c23)C1. The maximum Gasteiger partial charge on any atom is 0.262 e. The molecule has 7 heteroatoms. The van der Waals surface area contributed by atoms with E-state index in [0.717, 1.165) is 30.0 Å². The fourth-order valence-corrected chi connectivity index (χ4v) is 5.69. The first-order valence-electron chi connectivity index (χ1n) is 12.0. The first-order chi connectivity index (χ1) is 15.7. The van der Waals surface area contributed by atoms with Gasteiger partial charge in [0.05, 0.1) is 29.4 Å². The fraction of sp³-hybridized carbons (Fsp3) is 0.480. The van der Waals surface area contributed by atoms with Crippen LogP contribution >= 0.6 is 0 Å². The van der Waals surface area contributed by atoms with Crippen molar-refractivity contribution < 1.29 is 0 Å². The van der Waals surface area contributed by atoms with Crippen LogP contribution in [0.25, 0.3) is 27.8 Å². The molecule has 1 saturated carbocycles. The third-order valence-electron chi connectivity index (χ3n) is 7.58. The molecule has 2 fully saturated rings. The number of fused-ring (bicyclic) bond motifs is 2. The average Bonchev–Trinajstić information content (AvgIpc) is 3.56. The van der Waals surface area contributed by atoms with Gasteiger partial charge in [0.2, 0.25) is 0 Å². The molecule has 3 aromatic heterocycles. The van der Waals surface area contributed by atoms with Gasteiger partial charge in [-0.25, -0.2) is 9.97 Å². The Kier molecular flexibility index (Phi) is 4.77. The summed E-state index contributed by atoms with van der Waals surface area (Å²) in [5.74, 6) is 0.684. The predicted octanol–water partition coefficient (Wildman–Crippen LogP) is 4.81. The molecule has 1 unspecified atom stereocenters. The van der Waals surface area contributed by atoms with Crippen molar-refractivity contribution in [2.45, 2.75) is 57.9 Å². The smallest absolute Gasteiger partial charge is 0.262 e.